The van der Waals surface area contributed by atoms with Crippen LogP contribution in [0.5, 0.6) is 0 Å². The third-order valence-electron chi connectivity index (χ3n) is 4.22. The zero-order valence-electron chi connectivity index (χ0n) is 11.8. The first-order chi connectivity index (χ1) is 9.36. The number of rotatable bonds is 6. The van der Waals surface area contributed by atoms with Gasteiger partial charge in [-0.25, -0.2) is 4.98 Å². The molecule has 3 rings (SSSR count). The molecule has 4 nitrogen and oxygen atoms in total. The minimum Gasteiger partial charge on any atom is -0.353 e. The Kier molecular flexibility index (Phi) is 3.97. The Hall–Kier alpha value is -1.16. The van der Waals surface area contributed by atoms with Gasteiger partial charge in [0, 0.05) is 31.4 Å². The van der Waals surface area contributed by atoms with Crippen LogP contribution in [0.4, 0.5) is 5.82 Å². The molecule has 2 aliphatic rings. The van der Waals surface area contributed by atoms with Gasteiger partial charge in [-0.2, -0.15) is 0 Å². The first-order valence-electron chi connectivity index (χ1n) is 7.67. The van der Waals surface area contributed by atoms with Gasteiger partial charge in [0.15, 0.2) is 0 Å². The molecular formula is C15H24N4. The highest BCUT2D eigenvalue weighted by atomic mass is 15.2. The normalized spacial score (nSPS) is 19.8. The van der Waals surface area contributed by atoms with Crippen LogP contribution in [-0.2, 0) is 6.54 Å². The van der Waals surface area contributed by atoms with Crippen LogP contribution >= 0.6 is 0 Å². The largest absolute Gasteiger partial charge is 0.353 e. The van der Waals surface area contributed by atoms with E-state index in [4.69, 9.17) is 4.98 Å². The molecule has 1 aromatic rings. The average Bonchev–Trinajstić information content (AvgIpc) is 3.13. The zero-order valence-corrected chi connectivity index (χ0v) is 11.8. The van der Waals surface area contributed by atoms with E-state index in [1.807, 2.05) is 12.4 Å². The van der Waals surface area contributed by atoms with Crippen molar-refractivity contribution in [3.63, 3.8) is 0 Å². The summed E-state index contributed by atoms with van der Waals surface area (Å²) in [6.45, 7) is 4.10. The molecule has 2 aliphatic carbocycles. The van der Waals surface area contributed by atoms with Crippen molar-refractivity contribution in [1.82, 2.24) is 15.3 Å². The third kappa shape index (κ3) is 3.24. The molecule has 2 saturated carbocycles. The van der Waals surface area contributed by atoms with Gasteiger partial charge < -0.3 is 10.2 Å². The van der Waals surface area contributed by atoms with Crippen molar-refractivity contribution in [3.05, 3.63) is 18.1 Å². The second-order valence-electron chi connectivity index (χ2n) is 5.75. The molecule has 1 aromatic heterocycles. The number of aromatic nitrogens is 2. The first kappa shape index (κ1) is 12.9. The van der Waals surface area contributed by atoms with Gasteiger partial charge in [-0.1, -0.05) is 12.8 Å². The summed E-state index contributed by atoms with van der Waals surface area (Å²) in [6.07, 6.45) is 11.8. The minimum absolute atomic E-state index is 0.672. The molecule has 0 atom stereocenters. The summed E-state index contributed by atoms with van der Waals surface area (Å²) >= 11 is 0. The van der Waals surface area contributed by atoms with Crippen LogP contribution in [-0.4, -0.2) is 28.6 Å². The van der Waals surface area contributed by atoms with Crippen LogP contribution in [0.25, 0.3) is 0 Å². The van der Waals surface area contributed by atoms with E-state index in [0.29, 0.717) is 6.04 Å². The topological polar surface area (TPSA) is 41.1 Å². The van der Waals surface area contributed by atoms with Crippen LogP contribution in [0.2, 0.25) is 0 Å². The van der Waals surface area contributed by atoms with Crippen LogP contribution in [0.3, 0.4) is 0 Å². The number of nitrogens with zero attached hydrogens (tertiary/aromatic N) is 3. The van der Waals surface area contributed by atoms with Crippen LogP contribution in [0.15, 0.2) is 12.4 Å². The van der Waals surface area contributed by atoms with Crippen LogP contribution in [0, 0.1) is 0 Å². The molecule has 0 spiro atoms. The minimum atomic E-state index is 0.672. The van der Waals surface area contributed by atoms with Gasteiger partial charge in [0.1, 0.15) is 5.82 Å². The zero-order chi connectivity index (χ0) is 13.1. The standard InChI is InChI=1S/C15H24N4/c1-2-19(14-5-3-4-6-14)15-11-16-9-13(18-15)10-17-12-7-8-12/h9,11-12,14,17H,2-8,10H2,1H3. The van der Waals surface area contributed by atoms with Gasteiger partial charge in [0.25, 0.3) is 0 Å². The van der Waals surface area contributed by atoms with Crippen molar-refractivity contribution < 1.29 is 0 Å². The lowest BCUT2D eigenvalue weighted by molar-refractivity contribution is 0.606. The summed E-state index contributed by atoms with van der Waals surface area (Å²) in [6, 6.07) is 1.40. The molecule has 1 N–H and O–H groups in total. The molecule has 0 aromatic carbocycles. The number of anilines is 1. The van der Waals surface area contributed by atoms with E-state index >= 15 is 0 Å². The molecule has 104 valence electrons. The fourth-order valence-corrected chi connectivity index (χ4v) is 2.98. The second kappa shape index (κ2) is 5.87. The Balaban J connectivity index is 1.68. The number of nitrogens with one attached hydrogen (secondary N) is 1. The van der Waals surface area contributed by atoms with Crippen molar-refractivity contribution >= 4 is 5.82 Å². The Bertz CT molecular complexity index is 410. The van der Waals surface area contributed by atoms with E-state index < -0.39 is 0 Å². The molecule has 19 heavy (non-hydrogen) atoms. The molecular weight excluding hydrogens is 236 g/mol. The monoisotopic (exact) mass is 260 g/mol. The molecule has 0 bridgehead atoms. The molecule has 0 radical (unpaired) electrons. The Labute approximate surface area is 115 Å². The van der Waals surface area contributed by atoms with Crippen molar-refractivity contribution in [3.8, 4) is 0 Å². The molecule has 0 amide bonds. The van der Waals surface area contributed by atoms with E-state index in [1.54, 1.807) is 0 Å². The van der Waals surface area contributed by atoms with Crippen molar-refractivity contribution in [2.45, 2.75) is 64.1 Å². The summed E-state index contributed by atoms with van der Waals surface area (Å²) in [5.74, 6) is 1.06. The predicted octanol–water partition coefficient (Wildman–Crippen LogP) is 2.50. The van der Waals surface area contributed by atoms with Gasteiger partial charge >= 0.3 is 0 Å². The fraction of sp³-hybridized carbons (Fsp3) is 0.733. The molecule has 0 aliphatic heterocycles. The highest BCUT2D eigenvalue weighted by Crippen LogP contribution is 2.26. The Morgan fingerprint density at radius 3 is 2.68 bits per heavy atom. The fourth-order valence-electron chi connectivity index (χ4n) is 2.98. The van der Waals surface area contributed by atoms with E-state index in [2.05, 4.69) is 22.1 Å². The van der Waals surface area contributed by atoms with Crippen LogP contribution in [0.1, 0.15) is 51.1 Å². The van der Waals surface area contributed by atoms with Crippen LogP contribution < -0.4 is 10.2 Å². The molecule has 2 fully saturated rings. The second-order valence-corrected chi connectivity index (χ2v) is 5.75. The SMILES string of the molecule is CCN(c1cncc(CNC2CC2)n1)C1CCCC1. The maximum atomic E-state index is 4.79. The summed E-state index contributed by atoms with van der Waals surface area (Å²) in [5, 5.41) is 3.51. The lowest BCUT2D eigenvalue weighted by Crippen LogP contribution is -2.34. The van der Waals surface area contributed by atoms with Gasteiger partial charge in [-0.3, -0.25) is 4.98 Å². The van der Waals surface area contributed by atoms with E-state index in [0.717, 1.165) is 30.6 Å². The summed E-state index contributed by atoms with van der Waals surface area (Å²) in [4.78, 5) is 11.6. The lowest BCUT2D eigenvalue weighted by Gasteiger charge is -2.28. The number of hydrogen-bond acceptors (Lipinski definition) is 4. The van der Waals surface area contributed by atoms with Gasteiger partial charge in [0.2, 0.25) is 0 Å². The summed E-state index contributed by atoms with van der Waals surface area (Å²) < 4.78 is 0. The van der Waals surface area contributed by atoms with Gasteiger partial charge in [-0.05, 0) is 32.6 Å². The molecule has 0 unspecified atom stereocenters. The average molecular weight is 260 g/mol. The van der Waals surface area contributed by atoms with Gasteiger partial charge in [-0.15, -0.1) is 0 Å². The van der Waals surface area contributed by atoms with E-state index in [1.165, 1.54) is 38.5 Å². The molecule has 0 saturated heterocycles. The molecule has 4 heteroatoms. The number of hydrogen-bond donors (Lipinski definition) is 1. The maximum Gasteiger partial charge on any atom is 0.147 e. The summed E-state index contributed by atoms with van der Waals surface area (Å²) in [5.41, 5.74) is 1.07. The van der Waals surface area contributed by atoms with Crippen molar-refractivity contribution in [2.75, 3.05) is 11.4 Å². The quantitative estimate of drug-likeness (QED) is 0.853. The Morgan fingerprint density at radius 2 is 2.00 bits per heavy atom. The molecule has 1 heterocycles. The maximum absolute atomic E-state index is 4.79. The highest BCUT2D eigenvalue weighted by molar-refractivity contribution is 5.38. The van der Waals surface area contributed by atoms with E-state index in [-0.39, 0.29) is 0 Å². The lowest BCUT2D eigenvalue weighted by atomic mass is 10.2. The predicted molar refractivity (Wildman–Crippen MR) is 77.2 cm³/mol. The van der Waals surface area contributed by atoms with Crippen molar-refractivity contribution in [1.29, 1.82) is 0 Å². The Morgan fingerprint density at radius 1 is 1.21 bits per heavy atom. The van der Waals surface area contributed by atoms with Gasteiger partial charge in [0.05, 0.1) is 11.9 Å². The van der Waals surface area contributed by atoms with E-state index in [9.17, 15) is 0 Å². The van der Waals surface area contributed by atoms with Crippen molar-refractivity contribution in [2.24, 2.45) is 0 Å². The summed E-state index contributed by atoms with van der Waals surface area (Å²) in [7, 11) is 0. The first-order valence-corrected chi connectivity index (χ1v) is 7.67. The third-order valence-corrected chi connectivity index (χ3v) is 4.22. The highest BCUT2D eigenvalue weighted by Gasteiger charge is 2.23. The smallest absolute Gasteiger partial charge is 0.147 e.